The molecule has 110 valence electrons. The molecule has 0 saturated heterocycles. The van der Waals surface area contributed by atoms with Crippen molar-refractivity contribution in [2.75, 3.05) is 0 Å². The normalized spacial score (nSPS) is 11.6. The average molecular weight is 292 g/mol. The number of aromatic amines is 1. The Morgan fingerprint density at radius 2 is 2.33 bits per heavy atom. The zero-order chi connectivity index (χ0) is 15.7. The molecule has 0 fully saturated rings. The molecule has 0 aliphatic rings. The van der Waals surface area contributed by atoms with Crippen LogP contribution in [0.3, 0.4) is 0 Å². The Morgan fingerprint density at radius 1 is 1.48 bits per heavy atom. The number of tetrazole rings is 1. The summed E-state index contributed by atoms with van der Waals surface area (Å²) in [5, 5.41) is 16.4. The summed E-state index contributed by atoms with van der Waals surface area (Å²) in [5.41, 5.74) is 0.808. The molecule has 3 aromatic rings. The number of ether oxygens (including phenoxy) is 1. The van der Waals surface area contributed by atoms with E-state index in [0.717, 1.165) is 9.77 Å². The molecule has 10 heteroatoms. The lowest BCUT2D eigenvalue weighted by atomic mass is 10.3. The van der Waals surface area contributed by atoms with E-state index in [-0.39, 0.29) is 12.3 Å². The third-order valence-electron chi connectivity index (χ3n) is 2.97. The first-order valence-electron chi connectivity index (χ1n) is 6.76. The van der Waals surface area contributed by atoms with Crippen LogP contribution in [0.1, 0.15) is 12.6 Å². The van der Waals surface area contributed by atoms with Gasteiger partial charge in [-0.25, -0.2) is 4.79 Å². The van der Waals surface area contributed by atoms with Crippen LogP contribution in [0, 0.1) is 0 Å². The number of aryl methyl sites for hydroxylation is 2. The van der Waals surface area contributed by atoms with E-state index < -0.39 is 0 Å². The molecule has 0 atom stereocenters. The summed E-state index contributed by atoms with van der Waals surface area (Å²) in [6.45, 7) is 2.68. The highest BCUT2D eigenvalue weighted by atomic mass is 16.5. The summed E-state index contributed by atoms with van der Waals surface area (Å²) in [6, 6.07) is 1.58. The van der Waals surface area contributed by atoms with E-state index in [1.807, 2.05) is 6.92 Å². The van der Waals surface area contributed by atoms with Crippen molar-refractivity contribution in [1.29, 1.82) is 0 Å². The predicted molar refractivity (Wildman–Crippen MR) is 71.0 cm³/mol. The smallest absolute Gasteiger partial charge is 0.368 e. The first-order chi connectivity index (χ1) is 10.6. The SMILES string of the molecule is [3H]n1ccc(OCc2c(-n3nnn(C)c3=O)cnn2CC)n1. The van der Waals surface area contributed by atoms with Crippen LogP contribution in [0.5, 0.6) is 5.88 Å². The number of nitrogens with one attached hydrogen (secondary N) is 1. The highest BCUT2D eigenvalue weighted by molar-refractivity contribution is 5.33. The Bertz CT molecular complexity index is 845. The lowest BCUT2D eigenvalue weighted by Crippen LogP contribution is -2.23. The van der Waals surface area contributed by atoms with Crippen LogP contribution in [0.25, 0.3) is 5.69 Å². The molecule has 0 aliphatic carbocycles. The largest absolute Gasteiger partial charge is 0.470 e. The van der Waals surface area contributed by atoms with Crippen LogP contribution in [0.4, 0.5) is 0 Å². The molecule has 0 spiro atoms. The fourth-order valence-electron chi connectivity index (χ4n) is 1.90. The molecule has 0 aromatic carbocycles. The quantitative estimate of drug-likeness (QED) is 0.678. The maximum Gasteiger partial charge on any atom is 0.368 e. The van der Waals surface area contributed by atoms with Crippen molar-refractivity contribution in [3.05, 3.63) is 34.6 Å². The molecule has 0 amide bonds. The molecule has 21 heavy (non-hydrogen) atoms. The minimum atomic E-state index is -0.368. The van der Waals surface area contributed by atoms with Gasteiger partial charge in [0.1, 0.15) is 18.0 Å². The van der Waals surface area contributed by atoms with Crippen LogP contribution in [-0.2, 0) is 20.2 Å². The van der Waals surface area contributed by atoms with Gasteiger partial charge in [0.25, 0.3) is 0 Å². The number of rotatable bonds is 5. The highest BCUT2D eigenvalue weighted by Gasteiger charge is 2.17. The van der Waals surface area contributed by atoms with Gasteiger partial charge in [-0.1, -0.05) is 0 Å². The van der Waals surface area contributed by atoms with E-state index in [9.17, 15) is 4.79 Å². The fraction of sp³-hybridized carbons (Fsp3) is 0.364. The minimum absolute atomic E-state index is 0.142. The van der Waals surface area contributed by atoms with E-state index >= 15 is 0 Å². The molecule has 0 bridgehead atoms. The van der Waals surface area contributed by atoms with Gasteiger partial charge in [0.15, 0.2) is 1.41 Å². The molecule has 0 saturated carbocycles. The number of H-pyrrole nitrogens is 1. The van der Waals surface area contributed by atoms with Gasteiger partial charge in [-0.3, -0.25) is 9.77 Å². The van der Waals surface area contributed by atoms with E-state index in [4.69, 9.17) is 6.15 Å². The Morgan fingerprint density at radius 3 is 2.95 bits per heavy atom. The molecule has 0 radical (unpaired) electrons. The molecule has 0 unspecified atom stereocenters. The van der Waals surface area contributed by atoms with Crippen LogP contribution < -0.4 is 10.4 Å². The van der Waals surface area contributed by atoms with Gasteiger partial charge in [0, 0.05) is 25.9 Å². The van der Waals surface area contributed by atoms with Gasteiger partial charge in [0.2, 0.25) is 5.88 Å². The van der Waals surface area contributed by atoms with Crippen molar-refractivity contribution < 1.29 is 6.15 Å². The van der Waals surface area contributed by atoms with E-state index in [0.29, 0.717) is 23.8 Å². The number of hydrogen-bond acceptors (Lipinski definition) is 6. The summed E-state index contributed by atoms with van der Waals surface area (Å²) in [5.74, 6) is 0.316. The van der Waals surface area contributed by atoms with Crippen molar-refractivity contribution >= 4 is 0 Å². The maximum absolute atomic E-state index is 12.0. The summed E-state index contributed by atoms with van der Waals surface area (Å²) in [7, 11) is 1.52. The van der Waals surface area contributed by atoms with Gasteiger partial charge in [0.05, 0.1) is 6.20 Å². The van der Waals surface area contributed by atoms with Crippen LogP contribution in [-0.4, -0.2) is 39.8 Å². The van der Waals surface area contributed by atoms with Gasteiger partial charge in [-0.15, -0.1) is 5.10 Å². The Hall–Kier alpha value is -2.91. The molecular weight excluding hydrogens is 276 g/mol. The fourth-order valence-corrected chi connectivity index (χ4v) is 1.90. The Balaban J connectivity index is 1.93. The van der Waals surface area contributed by atoms with Gasteiger partial charge < -0.3 is 4.74 Å². The summed E-state index contributed by atoms with van der Waals surface area (Å²) in [6.07, 6.45) is 3.00. The zero-order valence-electron chi connectivity index (χ0n) is 12.5. The van der Waals surface area contributed by atoms with E-state index in [2.05, 4.69) is 20.6 Å². The molecule has 1 N–H and O–H groups in total. The van der Waals surface area contributed by atoms with Crippen molar-refractivity contribution in [3.63, 3.8) is 0 Å². The monoisotopic (exact) mass is 292 g/mol. The average Bonchev–Trinajstić information content (AvgIpc) is 3.18. The molecular formula is C11H14N8O2. The molecule has 0 aliphatic heterocycles. The lowest BCUT2D eigenvalue weighted by Gasteiger charge is -2.07. The van der Waals surface area contributed by atoms with Crippen LogP contribution >= 0.6 is 0 Å². The van der Waals surface area contributed by atoms with E-state index in [1.54, 1.807) is 16.9 Å². The van der Waals surface area contributed by atoms with Crippen LogP contribution in [0.2, 0.25) is 1.41 Å². The first-order valence-corrected chi connectivity index (χ1v) is 6.32. The molecule has 3 rings (SSSR count). The number of nitrogens with zero attached hydrogens (tertiary/aromatic N) is 7. The summed E-state index contributed by atoms with van der Waals surface area (Å²) >= 11 is 0. The van der Waals surface area contributed by atoms with Gasteiger partial charge in [-0.2, -0.15) is 14.5 Å². The highest BCUT2D eigenvalue weighted by Crippen LogP contribution is 2.14. The first kappa shape index (κ1) is 11.9. The van der Waals surface area contributed by atoms with Crippen molar-refractivity contribution in [3.8, 4) is 11.6 Å². The van der Waals surface area contributed by atoms with Crippen LogP contribution in [0.15, 0.2) is 23.3 Å². The standard InChI is InChI=1S/C11H14N8O2/c1-3-18-9(7-21-10-4-5-12-14-10)8(6-13-18)19-11(20)17(2)15-16-19/h4-6H,3,7H2,1-2H3,(H,12,14)/i/hT. The van der Waals surface area contributed by atoms with Crippen molar-refractivity contribution in [1.82, 2.24) is 39.8 Å². The minimum Gasteiger partial charge on any atom is -0.470 e. The van der Waals surface area contributed by atoms with Crippen molar-refractivity contribution in [2.24, 2.45) is 7.05 Å². The second-order valence-electron chi connectivity index (χ2n) is 4.25. The third kappa shape index (κ3) is 2.30. The summed E-state index contributed by atoms with van der Waals surface area (Å²) in [4.78, 5) is 12.0. The second-order valence-corrected chi connectivity index (χ2v) is 4.25. The molecule has 3 heterocycles. The Labute approximate surface area is 120 Å². The zero-order valence-corrected chi connectivity index (χ0v) is 11.5. The van der Waals surface area contributed by atoms with Gasteiger partial charge in [-0.05, 0) is 17.4 Å². The second kappa shape index (κ2) is 5.23. The topological polar surface area (TPSA) is 108 Å². The third-order valence-corrected chi connectivity index (χ3v) is 2.97. The Kier molecular flexibility index (Phi) is 2.96. The van der Waals surface area contributed by atoms with Gasteiger partial charge >= 0.3 is 5.69 Å². The summed E-state index contributed by atoms with van der Waals surface area (Å²) < 4.78 is 16.8. The van der Waals surface area contributed by atoms with E-state index in [1.165, 1.54) is 17.9 Å². The number of aromatic nitrogens is 8. The molecule has 3 aromatic heterocycles. The number of hydrogen-bond donors (Lipinski definition) is 1. The predicted octanol–water partition coefficient (Wildman–Crippen LogP) is -0.516. The molecule has 10 nitrogen and oxygen atoms in total. The lowest BCUT2D eigenvalue weighted by molar-refractivity contribution is 0.280. The van der Waals surface area contributed by atoms with Crippen molar-refractivity contribution in [2.45, 2.75) is 20.1 Å². The maximum atomic E-state index is 12.0.